The number of carbonyl (C=O) groups is 1. The van der Waals surface area contributed by atoms with Gasteiger partial charge in [-0.25, -0.2) is 13.5 Å². The molecule has 1 N–H and O–H groups in total. The van der Waals surface area contributed by atoms with Crippen LogP contribution in [-0.2, 0) is 11.2 Å². The van der Waals surface area contributed by atoms with Crippen molar-refractivity contribution < 1.29 is 13.6 Å². The van der Waals surface area contributed by atoms with Gasteiger partial charge in [-0.05, 0) is 43.5 Å². The highest BCUT2D eigenvalue weighted by atomic mass is 19.1. The fourth-order valence-electron chi connectivity index (χ4n) is 3.41. The monoisotopic (exact) mass is 377 g/mol. The molecule has 1 heterocycles. The van der Waals surface area contributed by atoms with Crippen molar-refractivity contribution >= 4 is 5.91 Å². The lowest BCUT2D eigenvalue weighted by atomic mass is 9.93. The first-order chi connectivity index (χ1) is 13.6. The first-order valence-corrected chi connectivity index (χ1v) is 9.01. The first-order valence-electron chi connectivity index (χ1n) is 9.01. The summed E-state index contributed by atoms with van der Waals surface area (Å²) in [5.41, 5.74) is 2.61. The van der Waals surface area contributed by atoms with Gasteiger partial charge < -0.3 is 5.32 Å². The molecule has 6 heteroatoms. The summed E-state index contributed by atoms with van der Waals surface area (Å²) in [4.78, 5) is 12.2. The van der Waals surface area contributed by atoms with E-state index in [1.165, 1.54) is 16.8 Å². The van der Waals surface area contributed by atoms with Gasteiger partial charge in [-0.3, -0.25) is 4.79 Å². The van der Waals surface area contributed by atoms with Crippen molar-refractivity contribution in [3.63, 3.8) is 0 Å². The van der Waals surface area contributed by atoms with Crippen molar-refractivity contribution in [2.75, 3.05) is 0 Å². The number of nitrogens with zero attached hydrogens (tertiary/aromatic N) is 2. The summed E-state index contributed by atoms with van der Waals surface area (Å²) in [5.74, 6) is 3.75. The van der Waals surface area contributed by atoms with Crippen LogP contribution in [0.3, 0.4) is 0 Å². The van der Waals surface area contributed by atoms with Crippen LogP contribution in [0, 0.1) is 23.5 Å². The molecule has 4 nitrogen and oxygen atoms in total. The van der Waals surface area contributed by atoms with Crippen molar-refractivity contribution in [1.82, 2.24) is 15.1 Å². The lowest BCUT2D eigenvalue weighted by Crippen LogP contribution is -2.30. The molecule has 0 spiro atoms. The number of hydrogen-bond acceptors (Lipinski definition) is 2. The van der Waals surface area contributed by atoms with E-state index in [4.69, 9.17) is 0 Å². The number of amides is 1. The summed E-state index contributed by atoms with van der Waals surface area (Å²) >= 11 is 0. The highest BCUT2D eigenvalue weighted by Crippen LogP contribution is 2.31. The topological polar surface area (TPSA) is 46.9 Å². The summed E-state index contributed by atoms with van der Waals surface area (Å²) in [6.07, 6.45) is 3.91. The number of fused-ring (bicyclic) bond motifs is 1. The average Bonchev–Trinajstić information content (AvgIpc) is 3.12. The van der Waals surface area contributed by atoms with Crippen LogP contribution >= 0.6 is 0 Å². The fourth-order valence-corrected chi connectivity index (χ4v) is 3.41. The van der Waals surface area contributed by atoms with E-state index < -0.39 is 11.6 Å². The number of aromatic nitrogens is 2. The van der Waals surface area contributed by atoms with Crippen LogP contribution < -0.4 is 5.32 Å². The molecule has 28 heavy (non-hydrogen) atoms. The lowest BCUT2D eigenvalue weighted by Gasteiger charge is -2.23. The normalized spacial score (nSPS) is 15.3. The number of carbonyl (C=O) groups excluding carboxylic acids is 1. The zero-order chi connectivity index (χ0) is 19.5. The molecule has 1 aliphatic carbocycles. The molecule has 3 aromatic rings. The van der Waals surface area contributed by atoms with E-state index in [1.807, 2.05) is 30.3 Å². The fraction of sp³-hybridized carbons (Fsp3) is 0.182. The third kappa shape index (κ3) is 3.65. The first kappa shape index (κ1) is 17.9. The van der Waals surface area contributed by atoms with Gasteiger partial charge in [0.15, 0.2) is 5.82 Å². The van der Waals surface area contributed by atoms with E-state index in [2.05, 4.69) is 22.3 Å². The van der Waals surface area contributed by atoms with Gasteiger partial charge in [-0.2, -0.15) is 5.10 Å². The predicted octanol–water partition coefficient (Wildman–Crippen LogP) is 3.70. The Morgan fingerprint density at radius 1 is 1.18 bits per heavy atom. The van der Waals surface area contributed by atoms with Gasteiger partial charge in [0.25, 0.3) is 5.91 Å². The second kappa shape index (κ2) is 7.65. The SMILES string of the molecule is O=C(C#Cc1ccccc1)N[C@@H]1CCCc2c1cnn2-c1ccc(F)cc1F. The molecule has 1 aromatic heterocycles. The average molecular weight is 377 g/mol. The predicted molar refractivity (Wildman–Crippen MR) is 101 cm³/mol. The summed E-state index contributed by atoms with van der Waals surface area (Å²) in [5, 5.41) is 7.19. The molecule has 4 rings (SSSR count). The van der Waals surface area contributed by atoms with E-state index in [1.54, 1.807) is 6.20 Å². The maximum atomic E-state index is 14.2. The van der Waals surface area contributed by atoms with Crippen LogP contribution in [0.15, 0.2) is 54.7 Å². The molecule has 1 aliphatic rings. The maximum absolute atomic E-state index is 14.2. The molecule has 2 aromatic carbocycles. The van der Waals surface area contributed by atoms with Gasteiger partial charge in [-0.1, -0.05) is 24.1 Å². The van der Waals surface area contributed by atoms with Crippen LogP contribution in [0.4, 0.5) is 8.78 Å². The quantitative estimate of drug-likeness (QED) is 0.693. The number of rotatable bonds is 2. The molecular weight excluding hydrogens is 360 g/mol. The van der Waals surface area contributed by atoms with Gasteiger partial charge in [0.2, 0.25) is 0 Å². The number of halogens is 2. The number of hydrogen-bond donors (Lipinski definition) is 1. The molecule has 0 unspecified atom stereocenters. The summed E-state index contributed by atoms with van der Waals surface area (Å²) < 4.78 is 28.8. The minimum atomic E-state index is -0.675. The Balaban J connectivity index is 1.56. The molecular formula is C22H17F2N3O. The van der Waals surface area contributed by atoms with Gasteiger partial charge in [0, 0.05) is 28.8 Å². The van der Waals surface area contributed by atoms with Crippen molar-refractivity contribution in [3.05, 3.63) is 83.2 Å². The Bertz CT molecular complexity index is 1080. The van der Waals surface area contributed by atoms with Crippen LogP contribution in [0.1, 0.15) is 35.7 Å². The van der Waals surface area contributed by atoms with E-state index in [9.17, 15) is 13.6 Å². The van der Waals surface area contributed by atoms with Crippen molar-refractivity contribution in [1.29, 1.82) is 0 Å². The van der Waals surface area contributed by atoms with Crippen molar-refractivity contribution in [2.24, 2.45) is 0 Å². The molecule has 1 amide bonds. The summed E-state index contributed by atoms with van der Waals surface area (Å²) in [6.45, 7) is 0. The summed E-state index contributed by atoms with van der Waals surface area (Å²) in [6, 6.07) is 12.4. The molecule has 0 fully saturated rings. The Kier molecular flexibility index (Phi) is 4.90. The van der Waals surface area contributed by atoms with Gasteiger partial charge in [0.1, 0.15) is 11.5 Å². The van der Waals surface area contributed by atoms with Gasteiger partial charge in [-0.15, -0.1) is 0 Å². The summed E-state index contributed by atoms with van der Waals surface area (Å²) in [7, 11) is 0. The Hall–Kier alpha value is -3.46. The number of nitrogens with one attached hydrogen (secondary N) is 1. The third-order valence-electron chi connectivity index (χ3n) is 4.72. The zero-order valence-corrected chi connectivity index (χ0v) is 15.0. The maximum Gasteiger partial charge on any atom is 0.296 e. The van der Waals surface area contributed by atoms with E-state index in [0.29, 0.717) is 6.42 Å². The van der Waals surface area contributed by atoms with E-state index in [0.717, 1.165) is 35.7 Å². The van der Waals surface area contributed by atoms with Crippen LogP contribution in [-0.4, -0.2) is 15.7 Å². The standard InChI is InChI=1S/C22H17F2N3O/c23-16-10-11-21(18(24)13-16)27-20-8-4-7-19(17(20)14-25-27)26-22(28)12-9-15-5-2-1-3-6-15/h1-3,5-6,10-11,13-14,19H,4,7-8H2,(H,26,28)/t19-/m1/s1. The Labute approximate surface area is 161 Å². The third-order valence-corrected chi connectivity index (χ3v) is 4.72. The Morgan fingerprint density at radius 3 is 2.79 bits per heavy atom. The van der Waals surface area contributed by atoms with Gasteiger partial charge in [0.05, 0.1) is 12.2 Å². The molecule has 140 valence electrons. The molecule has 0 radical (unpaired) electrons. The molecule has 1 atom stereocenters. The van der Waals surface area contributed by atoms with Gasteiger partial charge >= 0.3 is 0 Å². The van der Waals surface area contributed by atoms with Crippen LogP contribution in [0.2, 0.25) is 0 Å². The molecule has 0 aliphatic heterocycles. The highest BCUT2D eigenvalue weighted by molar-refractivity contribution is 5.94. The largest absolute Gasteiger partial charge is 0.338 e. The minimum absolute atomic E-state index is 0.193. The highest BCUT2D eigenvalue weighted by Gasteiger charge is 2.26. The lowest BCUT2D eigenvalue weighted by molar-refractivity contribution is -0.116. The second-order valence-corrected chi connectivity index (χ2v) is 6.59. The van der Waals surface area contributed by atoms with Crippen molar-refractivity contribution in [2.45, 2.75) is 25.3 Å². The van der Waals surface area contributed by atoms with Crippen LogP contribution in [0.25, 0.3) is 5.69 Å². The Morgan fingerprint density at radius 2 is 2.00 bits per heavy atom. The molecule has 0 bridgehead atoms. The van der Waals surface area contributed by atoms with E-state index >= 15 is 0 Å². The molecule has 0 saturated carbocycles. The molecule has 0 saturated heterocycles. The number of benzene rings is 2. The zero-order valence-electron chi connectivity index (χ0n) is 15.0. The smallest absolute Gasteiger partial charge is 0.296 e. The minimum Gasteiger partial charge on any atom is -0.338 e. The van der Waals surface area contributed by atoms with Crippen LogP contribution in [0.5, 0.6) is 0 Å². The second-order valence-electron chi connectivity index (χ2n) is 6.59. The van der Waals surface area contributed by atoms with Crippen molar-refractivity contribution in [3.8, 4) is 17.5 Å². The van der Waals surface area contributed by atoms with E-state index in [-0.39, 0.29) is 17.6 Å².